The Kier molecular flexibility index (Phi) is 8.21. The highest BCUT2D eigenvalue weighted by molar-refractivity contribution is 6.98. The van der Waals surface area contributed by atoms with E-state index in [1.807, 2.05) is 24.3 Å². The zero-order valence-electron chi connectivity index (χ0n) is 16.1. The molecule has 0 N–H and O–H groups in total. The van der Waals surface area contributed by atoms with Crippen molar-refractivity contribution in [3.63, 3.8) is 0 Å². The molecule has 0 saturated heterocycles. The Morgan fingerprint density at radius 3 is 1.11 bits per heavy atom. The molecule has 140 valence electrons. The van der Waals surface area contributed by atoms with Crippen molar-refractivity contribution in [1.29, 1.82) is 0 Å². The molecule has 3 heteroatoms. The molecule has 0 unspecified atom stereocenters. The monoisotopic (exact) mass is 374 g/mol. The van der Waals surface area contributed by atoms with Crippen molar-refractivity contribution in [3.8, 4) is 0 Å². The summed E-state index contributed by atoms with van der Waals surface area (Å²) in [7, 11) is -2.51. The zero-order valence-corrected chi connectivity index (χ0v) is 17.1. The van der Waals surface area contributed by atoms with E-state index in [0.717, 1.165) is 26.2 Å². The van der Waals surface area contributed by atoms with Gasteiger partial charge in [0.05, 0.1) is 0 Å². The fourth-order valence-corrected chi connectivity index (χ4v) is 8.82. The molecule has 0 amide bonds. The van der Waals surface area contributed by atoms with Crippen LogP contribution in [0.25, 0.3) is 0 Å². The Labute approximate surface area is 165 Å². The van der Waals surface area contributed by atoms with Crippen LogP contribution in [0.2, 0.25) is 0 Å². The van der Waals surface area contributed by atoms with Crippen molar-refractivity contribution >= 4 is 18.8 Å². The van der Waals surface area contributed by atoms with Gasteiger partial charge in [-0.3, -0.25) is 9.13 Å². The van der Waals surface area contributed by atoms with Gasteiger partial charge in [-0.1, -0.05) is 85.0 Å². The van der Waals surface area contributed by atoms with Crippen LogP contribution in [0.4, 0.5) is 0 Å². The molecule has 0 radical (unpaired) electrons. The van der Waals surface area contributed by atoms with E-state index >= 15 is 0 Å². The molecule has 0 aliphatic carbocycles. The molecule has 0 spiro atoms. The van der Waals surface area contributed by atoms with Gasteiger partial charge in [0.1, 0.15) is 0 Å². The maximum atomic E-state index is 4.02. The summed E-state index contributed by atoms with van der Waals surface area (Å²) in [5, 5.41) is 2.67. The Hall–Kier alpha value is -2.46. The second-order valence-corrected chi connectivity index (χ2v) is 10.1. The summed E-state index contributed by atoms with van der Waals surface area (Å²) in [6, 6.07) is 21.6. The summed E-state index contributed by atoms with van der Waals surface area (Å²) in [5.41, 5.74) is 0. The van der Waals surface area contributed by atoms with Crippen LogP contribution in [0.1, 0.15) is 0 Å². The second-order valence-electron chi connectivity index (χ2n) is 6.37. The van der Waals surface area contributed by atoms with E-state index < -0.39 is 8.40 Å². The van der Waals surface area contributed by atoms with Gasteiger partial charge in [0.2, 0.25) is 0 Å². The molecule has 2 nitrogen and oxygen atoms in total. The van der Waals surface area contributed by atoms with Gasteiger partial charge in [-0.25, -0.2) is 0 Å². The minimum absolute atomic E-state index is 0.785. The first kappa shape index (κ1) is 20.8. The maximum absolute atomic E-state index is 4.02. The highest BCUT2D eigenvalue weighted by Crippen LogP contribution is 2.18. The van der Waals surface area contributed by atoms with Gasteiger partial charge in [-0.05, 0) is 10.4 Å². The number of hydrogen-bond donors (Lipinski definition) is 0. The Bertz CT molecular complexity index is 654. The van der Waals surface area contributed by atoms with Crippen molar-refractivity contribution in [2.24, 2.45) is 0 Å². The van der Waals surface area contributed by atoms with Crippen LogP contribution in [0.15, 0.2) is 111 Å². The summed E-state index contributed by atoms with van der Waals surface area (Å²) in [5.74, 6) is 0. The second kappa shape index (κ2) is 10.6. The van der Waals surface area contributed by atoms with E-state index in [1.165, 1.54) is 10.4 Å². The summed E-state index contributed by atoms with van der Waals surface area (Å²) >= 11 is 0. The van der Waals surface area contributed by atoms with Crippen molar-refractivity contribution in [3.05, 3.63) is 111 Å². The fraction of sp³-hybridized carbons (Fsp3) is 0.167. The van der Waals surface area contributed by atoms with Crippen molar-refractivity contribution in [2.75, 3.05) is 26.2 Å². The Morgan fingerprint density at radius 2 is 0.852 bits per heavy atom. The van der Waals surface area contributed by atoms with E-state index in [4.69, 9.17) is 0 Å². The van der Waals surface area contributed by atoms with Crippen LogP contribution in [-0.4, -0.2) is 43.7 Å². The molecule has 2 aromatic carbocycles. The molecule has 0 aliphatic rings. The average molecular weight is 375 g/mol. The van der Waals surface area contributed by atoms with Gasteiger partial charge in [0, 0.05) is 26.2 Å². The van der Waals surface area contributed by atoms with Crippen LogP contribution < -0.4 is 10.4 Å². The number of hydrogen-bond acceptors (Lipinski definition) is 2. The lowest BCUT2D eigenvalue weighted by atomic mass is 10.4. The summed E-state index contributed by atoms with van der Waals surface area (Å²) in [4.78, 5) is 0. The maximum Gasteiger partial charge on any atom is 0.273 e. The third-order valence-electron chi connectivity index (χ3n) is 4.67. The number of rotatable bonds is 12. The minimum Gasteiger partial charge on any atom is -0.298 e. The average Bonchev–Trinajstić information content (AvgIpc) is 2.71. The SMILES string of the molecule is C=CCN(CC=C)[Si](c1ccccc1)(c1ccccc1)N(CC=C)CC=C. The molecular formula is C24H30N2Si. The molecule has 0 fully saturated rings. The molecule has 2 aromatic rings. The molecular weight excluding hydrogens is 344 g/mol. The molecule has 0 aromatic heterocycles. The molecule has 2 rings (SSSR count). The smallest absolute Gasteiger partial charge is 0.273 e. The minimum atomic E-state index is -2.51. The quantitative estimate of drug-likeness (QED) is 0.414. The van der Waals surface area contributed by atoms with Gasteiger partial charge in [-0.15, -0.1) is 26.3 Å². The molecule has 0 heterocycles. The lowest BCUT2D eigenvalue weighted by Crippen LogP contribution is -2.79. The molecule has 27 heavy (non-hydrogen) atoms. The van der Waals surface area contributed by atoms with Crippen molar-refractivity contribution in [2.45, 2.75) is 0 Å². The van der Waals surface area contributed by atoms with E-state index in [2.05, 4.69) is 96.1 Å². The summed E-state index contributed by atoms with van der Waals surface area (Å²) in [6.45, 7) is 19.2. The number of benzene rings is 2. The van der Waals surface area contributed by atoms with Gasteiger partial charge in [-0.2, -0.15) is 0 Å². The van der Waals surface area contributed by atoms with Gasteiger partial charge < -0.3 is 0 Å². The highest BCUT2D eigenvalue weighted by atomic mass is 28.3. The predicted molar refractivity (Wildman–Crippen MR) is 122 cm³/mol. The van der Waals surface area contributed by atoms with Gasteiger partial charge >= 0.3 is 0 Å². The summed E-state index contributed by atoms with van der Waals surface area (Å²) in [6.07, 6.45) is 7.93. The third-order valence-corrected chi connectivity index (χ3v) is 9.50. The molecule has 0 bridgehead atoms. The lowest BCUT2D eigenvalue weighted by Gasteiger charge is -2.48. The van der Waals surface area contributed by atoms with E-state index in [9.17, 15) is 0 Å². The van der Waals surface area contributed by atoms with Crippen molar-refractivity contribution in [1.82, 2.24) is 9.13 Å². The van der Waals surface area contributed by atoms with Gasteiger partial charge in [0.15, 0.2) is 0 Å². The van der Waals surface area contributed by atoms with Crippen LogP contribution in [0, 0.1) is 0 Å². The first-order valence-electron chi connectivity index (χ1n) is 9.30. The normalized spacial score (nSPS) is 11.3. The molecule has 0 aliphatic heterocycles. The van der Waals surface area contributed by atoms with Crippen LogP contribution >= 0.6 is 0 Å². The van der Waals surface area contributed by atoms with Crippen LogP contribution in [-0.2, 0) is 0 Å². The van der Waals surface area contributed by atoms with Crippen LogP contribution in [0.3, 0.4) is 0 Å². The van der Waals surface area contributed by atoms with E-state index in [-0.39, 0.29) is 0 Å². The Morgan fingerprint density at radius 1 is 0.556 bits per heavy atom. The summed E-state index contributed by atoms with van der Waals surface area (Å²) < 4.78 is 5.06. The Balaban J connectivity index is 2.86. The molecule has 0 saturated carbocycles. The topological polar surface area (TPSA) is 6.48 Å². The highest BCUT2D eigenvalue weighted by Gasteiger charge is 2.47. The van der Waals surface area contributed by atoms with E-state index in [1.54, 1.807) is 0 Å². The van der Waals surface area contributed by atoms with Crippen LogP contribution in [0.5, 0.6) is 0 Å². The standard InChI is InChI=1S/C24H30N2Si/c1-5-19-25(20-6-2)27(23-15-11-9-12-16-23,24-17-13-10-14-18-24)26(21-7-3)22-8-4/h5-18H,1-4,19-22H2. The lowest BCUT2D eigenvalue weighted by molar-refractivity contribution is 0.414. The first-order valence-corrected chi connectivity index (χ1v) is 11.2. The van der Waals surface area contributed by atoms with E-state index in [0.29, 0.717) is 0 Å². The van der Waals surface area contributed by atoms with Crippen molar-refractivity contribution < 1.29 is 0 Å². The predicted octanol–water partition coefficient (Wildman–Crippen LogP) is 3.59. The fourth-order valence-electron chi connectivity index (χ4n) is 3.74. The number of nitrogens with zero attached hydrogens (tertiary/aromatic N) is 2. The third kappa shape index (κ3) is 4.45. The molecule has 0 atom stereocenters. The first-order chi connectivity index (χ1) is 13.2. The zero-order chi connectivity index (χ0) is 19.5. The van der Waals surface area contributed by atoms with Gasteiger partial charge in [0.25, 0.3) is 8.40 Å². The largest absolute Gasteiger partial charge is 0.298 e.